The standard InChI is InChI=1S/C23H23N5O2S/c1-23(15-24,16-12-13-16)25-20(29)14-31-22-27-26-21(18-10-6-7-11-19(18)30-2)28(22)17-8-4-3-5-9-17/h3-11,16H,12-14H2,1-2H3,(H,25,29). The molecule has 0 spiro atoms. The number of thioether (sulfide) groups is 1. The SMILES string of the molecule is COc1ccccc1-c1nnc(SCC(=O)NC(C)(C#N)C2CC2)n1-c1ccccc1. The Hall–Kier alpha value is -3.31. The van der Waals surface area contributed by atoms with Gasteiger partial charge in [0.2, 0.25) is 5.91 Å². The van der Waals surface area contributed by atoms with Crippen LogP contribution < -0.4 is 10.1 Å². The summed E-state index contributed by atoms with van der Waals surface area (Å²) < 4.78 is 7.43. The zero-order chi connectivity index (χ0) is 21.8. The molecule has 8 heteroatoms. The molecule has 158 valence electrons. The van der Waals surface area contributed by atoms with Gasteiger partial charge in [0, 0.05) is 5.69 Å². The number of methoxy groups -OCH3 is 1. The predicted molar refractivity (Wildman–Crippen MR) is 119 cm³/mol. The topological polar surface area (TPSA) is 92.8 Å². The average Bonchev–Trinajstić information content (AvgIpc) is 3.58. The molecule has 7 nitrogen and oxygen atoms in total. The molecule has 1 heterocycles. The number of benzene rings is 2. The number of carbonyl (C=O) groups excluding carboxylic acids is 1. The van der Waals surface area contributed by atoms with E-state index in [1.807, 2.05) is 59.2 Å². The van der Waals surface area contributed by atoms with Crippen molar-refractivity contribution in [1.29, 1.82) is 5.26 Å². The molecule has 1 aromatic heterocycles. The maximum atomic E-state index is 12.6. The average molecular weight is 434 g/mol. The molecule has 0 radical (unpaired) electrons. The minimum atomic E-state index is -0.812. The summed E-state index contributed by atoms with van der Waals surface area (Å²) in [5.74, 6) is 1.50. The monoisotopic (exact) mass is 433 g/mol. The normalized spacial score (nSPS) is 15.0. The zero-order valence-electron chi connectivity index (χ0n) is 17.4. The van der Waals surface area contributed by atoms with Crippen molar-refractivity contribution >= 4 is 17.7 Å². The Morgan fingerprint density at radius 3 is 2.61 bits per heavy atom. The molecule has 31 heavy (non-hydrogen) atoms. The smallest absolute Gasteiger partial charge is 0.231 e. The van der Waals surface area contributed by atoms with Crippen LogP contribution in [0.1, 0.15) is 19.8 Å². The van der Waals surface area contributed by atoms with Gasteiger partial charge in [-0.2, -0.15) is 5.26 Å². The van der Waals surface area contributed by atoms with Crippen LogP contribution in [0.15, 0.2) is 59.8 Å². The molecule has 3 aromatic rings. The molecule has 1 amide bonds. The number of rotatable bonds is 8. The first-order chi connectivity index (χ1) is 15.1. The molecule has 0 saturated heterocycles. The number of hydrogen-bond donors (Lipinski definition) is 1. The Balaban J connectivity index is 1.62. The molecule has 0 aliphatic heterocycles. The molecule has 1 unspecified atom stereocenters. The molecule has 1 fully saturated rings. The van der Waals surface area contributed by atoms with Gasteiger partial charge in [-0.3, -0.25) is 9.36 Å². The second-order valence-electron chi connectivity index (χ2n) is 7.60. The van der Waals surface area contributed by atoms with Crippen molar-refractivity contribution in [3.05, 3.63) is 54.6 Å². The highest BCUT2D eigenvalue weighted by molar-refractivity contribution is 7.99. The third kappa shape index (κ3) is 4.42. The third-order valence-corrected chi connectivity index (χ3v) is 6.28. The van der Waals surface area contributed by atoms with Gasteiger partial charge in [-0.25, -0.2) is 0 Å². The Morgan fingerprint density at radius 2 is 1.94 bits per heavy atom. The summed E-state index contributed by atoms with van der Waals surface area (Å²) in [6.07, 6.45) is 1.95. The van der Waals surface area contributed by atoms with E-state index in [9.17, 15) is 10.1 Å². The van der Waals surface area contributed by atoms with E-state index in [0.29, 0.717) is 16.7 Å². The fourth-order valence-electron chi connectivity index (χ4n) is 3.51. The lowest BCUT2D eigenvalue weighted by atomic mass is 9.98. The van der Waals surface area contributed by atoms with E-state index in [0.717, 1.165) is 24.1 Å². The summed E-state index contributed by atoms with van der Waals surface area (Å²) in [5.41, 5.74) is 0.882. The molecule has 2 aromatic carbocycles. The van der Waals surface area contributed by atoms with Crippen LogP contribution in [-0.4, -0.2) is 39.1 Å². The van der Waals surface area contributed by atoms with Gasteiger partial charge in [-0.1, -0.05) is 42.1 Å². The third-order valence-electron chi connectivity index (χ3n) is 5.35. The van der Waals surface area contributed by atoms with Crippen LogP contribution in [0, 0.1) is 17.2 Å². The first kappa shape index (κ1) is 20.9. The highest BCUT2D eigenvalue weighted by Gasteiger charge is 2.43. The summed E-state index contributed by atoms with van der Waals surface area (Å²) in [6.45, 7) is 1.79. The quantitative estimate of drug-likeness (QED) is 0.543. The summed E-state index contributed by atoms with van der Waals surface area (Å²) in [6, 6.07) is 19.6. The molecule has 1 atom stereocenters. The molecule has 1 saturated carbocycles. The number of nitriles is 1. The molecular formula is C23H23N5O2S. The maximum absolute atomic E-state index is 12.6. The van der Waals surface area contributed by atoms with Crippen LogP contribution in [0.2, 0.25) is 0 Å². The van der Waals surface area contributed by atoms with Gasteiger partial charge in [0.15, 0.2) is 11.0 Å². The number of hydrogen-bond acceptors (Lipinski definition) is 6. The molecular weight excluding hydrogens is 410 g/mol. The van der Waals surface area contributed by atoms with Gasteiger partial charge in [-0.05, 0) is 49.9 Å². The van der Waals surface area contributed by atoms with Crippen LogP contribution in [0.4, 0.5) is 0 Å². The number of nitrogens with zero attached hydrogens (tertiary/aromatic N) is 4. The van der Waals surface area contributed by atoms with Gasteiger partial charge in [0.1, 0.15) is 11.3 Å². The van der Waals surface area contributed by atoms with Crippen LogP contribution in [-0.2, 0) is 4.79 Å². The number of amides is 1. The van der Waals surface area contributed by atoms with Crippen LogP contribution in [0.3, 0.4) is 0 Å². The fraction of sp³-hybridized carbons (Fsp3) is 0.304. The fourth-order valence-corrected chi connectivity index (χ4v) is 4.27. The van der Waals surface area contributed by atoms with Gasteiger partial charge in [-0.15, -0.1) is 10.2 Å². The summed E-state index contributed by atoms with van der Waals surface area (Å²) in [5, 5.41) is 21.7. The van der Waals surface area contributed by atoms with E-state index < -0.39 is 5.54 Å². The highest BCUT2D eigenvalue weighted by atomic mass is 32.2. The second kappa shape index (κ2) is 8.82. The summed E-state index contributed by atoms with van der Waals surface area (Å²) in [4.78, 5) is 12.6. The van der Waals surface area contributed by atoms with Crippen molar-refractivity contribution in [2.24, 2.45) is 5.92 Å². The zero-order valence-corrected chi connectivity index (χ0v) is 18.2. The van der Waals surface area contributed by atoms with E-state index in [1.165, 1.54) is 11.8 Å². The van der Waals surface area contributed by atoms with Gasteiger partial charge >= 0.3 is 0 Å². The van der Waals surface area contributed by atoms with E-state index in [2.05, 4.69) is 21.6 Å². The number of para-hydroxylation sites is 2. The first-order valence-electron chi connectivity index (χ1n) is 10.0. The van der Waals surface area contributed by atoms with Crippen LogP contribution in [0.25, 0.3) is 17.1 Å². The number of ether oxygens (including phenoxy) is 1. The van der Waals surface area contributed by atoms with Crippen molar-refractivity contribution in [3.63, 3.8) is 0 Å². The van der Waals surface area contributed by atoms with Crippen molar-refractivity contribution in [1.82, 2.24) is 20.1 Å². The molecule has 4 rings (SSSR count). The van der Waals surface area contributed by atoms with Crippen molar-refractivity contribution in [2.45, 2.75) is 30.5 Å². The van der Waals surface area contributed by atoms with Gasteiger partial charge in [0.05, 0.1) is 24.5 Å². The van der Waals surface area contributed by atoms with E-state index >= 15 is 0 Å². The highest BCUT2D eigenvalue weighted by Crippen LogP contribution is 2.39. The molecule has 1 aliphatic rings. The van der Waals surface area contributed by atoms with E-state index in [1.54, 1.807) is 14.0 Å². The van der Waals surface area contributed by atoms with Crippen molar-refractivity contribution in [2.75, 3.05) is 12.9 Å². The van der Waals surface area contributed by atoms with Gasteiger partial charge < -0.3 is 10.1 Å². The van der Waals surface area contributed by atoms with Crippen LogP contribution in [0.5, 0.6) is 5.75 Å². The Bertz CT molecular complexity index is 1120. The second-order valence-corrected chi connectivity index (χ2v) is 8.55. The van der Waals surface area contributed by atoms with Crippen molar-refractivity contribution < 1.29 is 9.53 Å². The number of carbonyl (C=O) groups is 1. The van der Waals surface area contributed by atoms with Crippen molar-refractivity contribution in [3.8, 4) is 28.9 Å². The van der Waals surface area contributed by atoms with Crippen LogP contribution >= 0.6 is 11.8 Å². The Kier molecular flexibility index (Phi) is 5.96. The Labute approximate surface area is 185 Å². The van der Waals surface area contributed by atoms with E-state index in [4.69, 9.17) is 4.74 Å². The summed E-state index contributed by atoms with van der Waals surface area (Å²) >= 11 is 1.29. The lowest BCUT2D eigenvalue weighted by Gasteiger charge is -2.22. The van der Waals surface area contributed by atoms with E-state index in [-0.39, 0.29) is 17.6 Å². The molecule has 1 aliphatic carbocycles. The lowest BCUT2D eigenvalue weighted by Crippen LogP contribution is -2.47. The Morgan fingerprint density at radius 1 is 1.23 bits per heavy atom. The maximum Gasteiger partial charge on any atom is 0.231 e. The lowest BCUT2D eigenvalue weighted by molar-refractivity contribution is -0.119. The van der Waals surface area contributed by atoms with Gasteiger partial charge in [0.25, 0.3) is 0 Å². The minimum Gasteiger partial charge on any atom is -0.496 e. The number of aromatic nitrogens is 3. The summed E-state index contributed by atoms with van der Waals surface area (Å²) in [7, 11) is 1.62. The minimum absolute atomic E-state index is 0.140. The first-order valence-corrected chi connectivity index (χ1v) is 11.0. The molecule has 0 bridgehead atoms. The predicted octanol–water partition coefficient (Wildman–Crippen LogP) is 3.84. The molecule has 1 N–H and O–H groups in total. The largest absolute Gasteiger partial charge is 0.496 e. The number of nitrogens with one attached hydrogen (secondary N) is 1.